The van der Waals surface area contributed by atoms with Crippen LogP contribution < -0.4 is 9.47 Å². The topological polar surface area (TPSA) is 109 Å². The van der Waals surface area contributed by atoms with Crippen LogP contribution in [-0.2, 0) is 9.53 Å². The number of hydrogen-bond acceptors (Lipinski definition) is 7. The number of carbonyl (C=O) groups excluding carboxylic acids is 1. The van der Waals surface area contributed by atoms with Crippen molar-refractivity contribution < 1.29 is 33.6 Å². The molecule has 1 aromatic carbocycles. The smallest absolute Gasteiger partial charge is 0.313 e. The van der Waals surface area contributed by atoms with Crippen LogP contribution in [0.25, 0.3) is 0 Å². The largest absolute Gasteiger partial charge is 0.496 e. The third-order valence-corrected chi connectivity index (χ3v) is 4.87. The quantitative estimate of drug-likeness (QED) is 0.552. The Hall–Kier alpha value is -2.37. The molecule has 0 bridgehead atoms. The monoisotopic (exact) mass is 381 g/mol. The first-order chi connectivity index (χ1) is 12.9. The molecule has 1 aliphatic carbocycles. The van der Waals surface area contributed by atoms with E-state index in [9.17, 15) is 19.4 Å². The maximum absolute atomic E-state index is 14.3. The van der Waals surface area contributed by atoms with Crippen molar-refractivity contribution in [2.45, 2.75) is 51.4 Å². The Morgan fingerprint density at radius 3 is 2.56 bits per heavy atom. The van der Waals surface area contributed by atoms with Gasteiger partial charge < -0.3 is 24.4 Å². The highest BCUT2D eigenvalue weighted by Gasteiger charge is 2.43. The summed E-state index contributed by atoms with van der Waals surface area (Å²) in [4.78, 5) is 12.3. The van der Waals surface area contributed by atoms with Gasteiger partial charge in [-0.1, -0.05) is 0 Å². The normalized spacial score (nSPS) is 22.2. The van der Waals surface area contributed by atoms with E-state index in [-0.39, 0.29) is 42.2 Å². The summed E-state index contributed by atoms with van der Waals surface area (Å²) in [6.07, 6.45) is -0.434. The van der Waals surface area contributed by atoms with Crippen molar-refractivity contribution in [3.05, 3.63) is 23.5 Å². The molecule has 0 radical (unpaired) electrons. The predicted octanol–water partition coefficient (Wildman–Crippen LogP) is 2.60. The number of rotatable bonds is 7. The third kappa shape index (κ3) is 4.67. The molecule has 1 saturated carbocycles. The van der Waals surface area contributed by atoms with Gasteiger partial charge in [0.15, 0.2) is 17.9 Å². The molecule has 8 heteroatoms. The summed E-state index contributed by atoms with van der Waals surface area (Å²) in [5, 5.41) is 27.9. The summed E-state index contributed by atoms with van der Waals surface area (Å²) in [6, 6.07) is 4.28. The number of carbonyl (C=O) groups is 1. The number of nitrogens with zero attached hydrogens (tertiary/aromatic N) is 1. The summed E-state index contributed by atoms with van der Waals surface area (Å²) in [5.41, 5.74) is -0.856. The maximum Gasteiger partial charge on any atom is 0.313 e. The molecule has 1 fully saturated rings. The van der Waals surface area contributed by atoms with E-state index in [1.165, 1.54) is 13.2 Å². The lowest BCUT2D eigenvalue weighted by atomic mass is 9.71. The van der Waals surface area contributed by atoms with Gasteiger partial charge in [-0.2, -0.15) is 5.26 Å². The van der Waals surface area contributed by atoms with Crippen molar-refractivity contribution in [2.24, 2.45) is 5.41 Å². The zero-order chi connectivity index (χ0) is 20.0. The van der Waals surface area contributed by atoms with Crippen LogP contribution in [0.1, 0.15) is 50.9 Å². The molecule has 27 heavy (non-hydrogen) atoms. The number of esters is 1. The highest BCUT2D eigenvalue weighted by atomic mass is 19.1. The van der Waals surface area contributed by atoms with E-state index >= 15 is 0 Å². The summed E-state index contributed by atoms with van der Waals surface area (Å²) >= 11 is 0. The second-order valence-corrected chi connectivity index (χ2v) is 6.55. The molecule has 1 aromatic rings. The molecule has 7 nitrogen and oxygen atoms in total. The maximum atomic E-state index is 14.3. The van der Waals surface area contributed by atoms with Crippen LogP contribution >= 0.6 is 0 Å². The average Bonchev–Trinajstić information content (AvgIpc) is 2.64. The minimum atomic E-state index is -1.83. The van der Waals surface area contributed by atoms with E-state index in [0.29, 0.717) is 25.7 Å². The van der Waals surface area contributed by atoms with Gasteiger partial charge in [0.1, 0.15) is 5.75 Å². The lowest BCUT2D eigenvalue weighted by Crippen LogP contribution is -2.39. The Morgan fingerprint density at radius 1 is 1.37 bits per heavy atom. The van der Waals surface area contributed by atoms with Crippen LogP contribution in [0.15, 0.2) is 12.1 Å². The van der Waals surface area contributed by atoms with Crippen molar-refractivity contribution >= 4 is 5.97 Å². The molecular weight excluding hydrogens is 357 g/mol. The van der Waals surface area contributed by atoms with Crippen LogP contribution in [-0.4, -0.2) is 36.0 Å². The predicted molar refractivity (Wildman–Crippen MR) is 92.3 cm³/mol. The number of hydrogen-bond donors (Lipinski definition) is 2. The van der Waals surface area contributed by atoms with Crippen LogP contribution in [0.5, 0.6) is 11.5 Å². The lowest BCUT2D eigenvalue weighted by Gasteiger charge is -2.36. The number of methoxy groups -OCH3 is 1. The molecule has 0 aliphatic heterocycles. The molecule has 148 valence electrons. The Kier molecular flexibility index (Phi) is 6.99. The second kappa shape index (κ2) is 9.02. The number of halogens is 1. The molecule has 0 atom stereocenters. The molecule has 1 aliphatic rings. The van der Waals surface area contributed by atoms with Gasteiger partial charge in [-0.15, -0.1) is 0 Å². The zero-order valence-corrected chi connectivity index (χ0v) is 15.4. The van der Waals surface area contributed by atoms with Crippen LogP contribution in [0.4, 0.5) is 4.39 Å². The van der Waals surface area contributed by atoms with E-state index in [2.05, 4.69) is 6.07 Å². The minimum Gasteiger partial charge on any atom is -0.496 e. The van der Waals surface area contributed by atoms with Crippen molar-refractivity contribution in [1.82, 2.24) is 0 Å². The van der Waals surface area contributed by atoms with E-state index in [4.69, 9.17) is 19.5 Å². The molecule has 0 spiro atoms. The van der Waals surface area contributed by atoms with Crippen LogP contribution in [0, 0.1) is 22.6 Å². The highest BCUT2D eigenvalue weighted by molar-refractivity contribution is 5.77. The Bertz CT molecular complexity index is 707. The molecule has 0 aromatic heterocycles. The van der Waals surface area contributed by atoms with E-state index in [1.807, 2.05) is 0 Å². The lowest BCUT2D eigenvalue weighted by molar-refractivity contribution is -0.158. The van der Waals surface area contributed by atoms with E-state index in [1.54, 1.807) is 6.92 Å². The number of benzene rings is 1. The standard InChI is InChI=1S/C19H24FNO6/c1-3-26-18(24)19(8-9-21)6-4-12(5-7-19)27-16-10-13(17(22)23)15(25-2)11-14(16)20/h10-12,17,22-23H,3-8H2,1-2H3/t12-,19+. The van der Waals surface area contributed by atoms with Gasteiger partial charge in [-0.3, -0.25) is 4.79 Å². The molecular formula is C19H24FNO6. The van der Waals surface area contributed by atoms with Crippen molar-refractivity contribution in [1.29, 1.82) is 5.26 Å². The Morgan fingerprint density at radius 2 is 2.04 bits per heavy atom. The van der Waals surface area contributed by atoms with Crippen LogP contribution in [0.3, 0.4) is 0 Å². The van der Waals surface area contributed by atoms with Gasteiger partial charge >= 0.3 is 5.97 Å². The fraction of sp³-hybridized carbons (Fsp3) is 0.579. The van der Waals surface area contributed by atoms with Gasteiger partial charge in [0.2, 0.25) is 0 Å². The first-order valence-corrected chi connectivity index (χ1v) is 8.81. The minimum absolute atomic E-state index is 0.00457. The fourth-order valence-corrected chi connectivity index (χ4v) is 3.35. The summed E-state index contributed by atoms with van der Waals surface area (Å²) in [5.74, 6) is -1.18. The molecule has 0 unspecified atom stereocenters. The molecule has 2 rings (SSSR count). The molecule has 0 heterocycles. The van der Waals surface area contributed by atoms with Crippen molar-refractivity contribution in [2.75, 3.05) is 13.7 Å². The number of aliphatic hydroxyl groups is 2. The van der Waals surface area contributed by atoms with Crippen molar-refractivity contribution in [3.8, 4) is 17.6 Å². The number of ether oxygens (including phenoxy) is 3. The summed E-state index contributed by atoms with van der Waals surface area (Å²) < 4.78 is 30.0. The van der Waals surface area contributed by atoms with Gasteiger partial charge in [-0.05, 0) is 38.7 Å². The third-order valence-electron chi connectivity index (χ3n) is 4.87. The van der Waals surface area contributed by atoms with E-state index in [0.717, 1.165) is 6.07 Å². The van der Waals surface area contributed by atoms with Gasteiger partial charge in [-0.25, -0.2) is 4.39 Å². The highest BCUT2D eigenvalue weighted by Crippen LogP contribution is 2.42. The van der Waals surface area contributed by atoms with Gasteiger partial charge in [0.25, 0.3) is 0 Å². The van der Waals surface area contributed by atoms with E-state index < -0.39 is 17.5 Å². The molecule has 0 saturated heterocycles. The summed E-state index contributed by atoms with van der Waals surface area (Å²) in [6.45, 7) is 1.96. The number of aliphatic hydroxyl groups excluding tert-OH is 1. The number of nitriles is 1. The van der Waals surface area contributed by atoms with Gasteiger partial charge in [0, 0.05) is 6.07 Å². The van der Waals surface area contributed by atoms with Gasteiger partial charge in [0.05, 0.1) is 43.3 Å². The Balaban J connectivity index is 2.12. The molecule has 2 N–H and O–H groups in total. The second-order valence-electron chi connectivity index (χ2n) is 6.55. The SMILES string of the molecule is CCOC(=O)[C@]1(CC#N)CC[C@H](Oc2cc(C(O)O)c(OC)cc2F)CC1. The summed E-state index contributed by atoms with van der Waals surface area (Å²) in [7, 11) is 1.30. The Labute approximate surface area is 157 Å². The first-order valence-electron chi connectivity index (χ1n) is 8.81. The zero-order valence-electron chi connectivity index (χ0n) is 15.4. The first kappa shape index (κ1) is 20.9. The fourth-order valence-electron chi connectivity index (χ4n) is 3.35. The molecule has 0 amide bonds. The van der Waals surface area contributed by atoms with Crippen molar-refractivity contribution in [3.63, 3.8) is 0 Å². The average molecular weight is 381 g/mol. The van der Waals surface area contributed by atoms with Crippen LogP contribution in [0.2, 0.25) is 0 Å².